The Kier molecular flexibility index (Phi) is 4.19. The fourth-order valence-electron chi connectivity index (χ4n) is 5.80. The first-order chi connectivity index (χ1) is 12.3. The van der Waals surface area contributed by atoms with Gasteiger partial charge < -0.3 is 19.3 Å². The molecular weight excluding hydrogens is 342 g/mol. The van der Waals surface area contributed by atoms with Crippen LogP contribution >= 0.6 is 0 Å². The molecule has 0 unspecified atom stereocenters. The summed E-state index contributed by atoms with van der Waals surface area (Å²) in [6.45, 7) is 2.03. The molecule has 26 heavy (non-hydrogen) atoms. The SMILES string of the molecule is COc1cc([C@H]2OCC[C@@]34C[C@@H](C[C@H]23)C(C)(C)[C@H]4O)ccc1OC(F)F. The Morgan fingerprint density at radius 3 is 2.69 bits per heavy atom. The minimum atomic E-state index is -2.90. The number of benzene rings is 1. The highest BCUT2D eigenvalue weighted by molar-refractivity contribution is 5.44. The van der Waals surface area contributed by atoms with Crippen LogP contribution < -0.4 is 9.47 Å². The average Bonchev–Trinajstić information content (AvgIpc) is 3.08. The highest BCUT2D eigenvalue weighted by Crippen LogP contribution is 2.70. The first-order valence-electron chi connectivity index (χ1n) is 9.22. The third kappa shape index (κ3) is 2.45. The van der Waals surface area contributed by atoms with Gasteiger partial charge in [-0.3, -0.25) is 0 Å². The lowest BCUT2D eigenvalue weighted by atomic mass is 9.60. The van der Waals surface area contributed by atoms with Crippen LogP contribution in [0.2, 0.25) is 0 Å². The minimum absolute atomic E-state index is 0.0193. The standard InChI is InChI=1S/C20H26F2O4/c1-19(2)12-9-13-16(25-7-6-20(13,10-12)17(19)23)11-4-5-14(26-18(21)22)15(8-11)24-3/h4-5,8,12-13,16-18,23H,6-7,9-10H2,1-3H3/t12-,13-,16-,17-,20-/m1/s1. The number of hydrogen-bond acceptors (Lipinski definition) is 4. The van der Waals surface area contributed by atoms with Crippen LogP contribution in [-0.4, -0.2) is 31.5 Å². The molecule has 5 atom stereocenters. The monoisotopic (exact) mass is 368 g/mol. The lowest BCUT2D eigenvalue weighted by Crippen LogP contribution is -2.51. The van der Waals surface area contributed by atoms with E-state index in [1.165, 1.54) is 13.2 Å². The van der Waals surface area contributed by atoms with E-state index in [2.05, 4.69) is 18.6 Å². The van der Waals surface area contributed by atoms with Crippen molar-refractivity contribution in [2.24, 2.45) is 22.7 Å². The van der Waals surface area contributed by atoms with Gasteiger partial charge >= 0.3 is 6.61 Å². The molecule has 2 saturated carbocycles. The summed E-state index contributed by atoms with van der Waals surface area (Å²) in [4.78, 5) is 0. The molecule has 2 bridgehead atoms. The largest absolute Gasteiger partial charge is 0.493 e. The molecule has 4 rings (SSSR count). The highest BCUT2D eigenvalue weighted by atomic mass is 19.3. The normalized spacial score (nSPS) is 37.7. The Hall–Kier alpha value is -1.40. The fraction of sp³-hybridized carbons (Fsp3) is 0.700. The molecule has 1 N–H and O–H groups in total. The Bertz CT molecular complexity index is 692. The maximum atomic E-state index is 12.6. The Labute approximate surface area is 152 Å². The first-order valence-corrected chi connectivity index (χ1v) is 9.22. The summed E-state index contributed by atoms with van der Waals surface area (Å²) < 4.78 is 41.0. The Balaban J connectivity index is 1.65. The molecule has 4 nitrogen and oxygen atoms in total. The van der Waals surface area contributed by atoms with E-state index in [1.807, 2.05) is 0 Å². The molecule has 144 valence electrons. The third-order valence-corrected chi connectivity index (χ3v) is 7.17. The zero-order chi connectivity index (χ0) is 18.7. The summed E-state index contributed by atoms with van der Waals surface area (Å²) in [5.74, 6) is 1.01. The molecular formula is C20H26F2O4. The summed E-state index contributed by atoms with van der Waals surface area (Å²) in [7, 11) is 1.43. The van der Waals surface area contributed by atoms with Crippen molar-refractivity contribution >= 4 is 0 Å². The van der Waals surface area contributed by atoms with E-state index in [4.69, 9.17) is 9.47 Å². The van der Waals surface area contributed by atoms with Crippen molar-refractivity contribution in [2.45, 2.75) is 51.9 Å². The second-order valence-corrected chi connectivity index (χ2v) is 8.53. The topological polar surface area (TPSA) is 47.9 Å². The van der Waals surface area contributed by atoms with Gasteiger partial charge in [-0.25, -0.2) is 0 Å². The molecule has 3 aliphatic rings. The van der Waals surface area contributed by atoms with Gasteiger partial charge in [0, 0.05) is 12.0 Å². The van der Waals surface area contributed by atoms with Crippen molar-refractivity contribution in [1.29, 1.82) is 0 Å². The van der Waals surface area contributed by atoms with Crippen LogP contribution in [0, 0.1) is 22.7 Å². The van der Waals surface area contributed by atoms with Crippen LogP contribution in [0.4, 0.5) is 8.78 Å². The lowest BCUT2D eigenvalue weighted by Gasteiger charge is -2.51. The van der Waals surface area contributed by atoms with Gasteiger partial charge in [0.05, 0.1) is 19.3 Å². The Morgan fingerprint density at radius 1 is 1.27 bits per heavy atom. The maximum Gasteiger partial charge on any atom is 0.387 e. The lowest BCUT2D eigenvalue weighted by molar-refractivity contribution is -0.164. The molecule has 2 aliphatic carbocycles. The van der Waals surface area contributed by atoms with E-state index in [0.29, 0.717) is 12.5 Å². The zero-order valence-corrected chi connectivity index (χ0v) is 15.4. The van der Waals surface area contributed by atoms with Crippen LogP contribution in [0.3, 0.4) is 0 Å². The van der Waals surface area contributed by atoms with Crippen molar-refractivity contribution in [3.63, 3.8) is 0 Å². The summed E-state index contributed by atoms with van der Waals surface area (Å²) in [5.41, 5.74) is 0.720. The van der Waals surface area contributed by atoms with E-state index in [-0.39, 0.29) is 40.5 Å². The number of hydrogen-bond donors (Lipinski definition) is 1. The van der Waals surface area contributed by atoms with Gasteiger partial charge in [0.25, 0.3) is 0 Å². The van der Waals surface area contributed by atoms with Gasteiger partial charge in [-0.15, -0.1) is 0 Å². The van der Waals surface area contributed by atoms with Crippen LogP contribution in [-0.2, 0) is 4.74 Å². The Morgan fingerprint density at radius 2 is 2.04 bits per heavy atom. The van der Waals surface area contributed by atoms with Crippen molar-refractivity contribution in [3.8, 4) is 11.5 Å². The van der Waals surface area contributed by atoms with Crippen LogP contribution in [0.25, 0.3) is 0 Å². The zero-order valence-electron chi connectivity index (χ0n) is 15.4. The second-order valence-electron chi connectivity index (χ2n) is 8.53. The van der Waals surface area contributed by atoms with Gasteiger partial charge in [0.2, 0.25) is 0 Å². The molecule has 1 aromatic carbocycles. The molecule has 1 heterocycles. The van der Waals surface area contributed by atoms with Crippen molar-refractivity contribution in [1.82, 2.24) is 0 Å². The first kappa shape index (κ1) is 18.0. The summed E-state index contributed by atoms with van der Waals surface area (Å²) in [5, 5.41) is 11.1. The van der Waals surface area contributed by atoms with Gasteiger partial charge in [0.15, 0.2) is 11.5 Å². The minimum Gasteiger partial charge on any atom is -0.493 e. The predicted octanol–water partition coefficient (Wildman–Crippen LogP) is 4.17. The highest BCUT2D eigenvalue weighted by Gasteiger charge is 2.68. The number of methoxy groups -OCH3 is 1. The average molecular weight is 368 g/mol. The van der Waals surface area contributed by atoms with Crippen LogP contribution in [0.1, 0.15) is 44.8 Å². The third-order valence-electron chi connectivity index (χ3n) is 7.17. The summed E-state index contributed by atoms with van der Waals surface area (Å²) >= 11 is 0. The van der Waals surface area contributed by atoms with Gasteiger partial charge in [-0.1, -0.05) is 19.9 Å². The van der Waals surface area contributed by atoms with E-state index in [9.17, 15) is 13.9 Å². The number of ether oxygens (including phenoxy) is 3. The molecule has 1 spiro atoms. The van der Waals surface area contributed by atoms with Gasteiger partial charge in [-0.2, -0.15) is 8.78 Å². The van der Waals surface area contributed by atoms with E-state index in [0.717, 1.165) is 24.8 Å². The molecule has 0 amide bonds. The van der Waals surface area contributed by atoms with Crippen molar-refractivity contribution in [3.05, 3.63) is 23.8 Å². The van der Waals surface area contributed by atoms with E-state index >= 15 is 0 Å². The van der Waals surface area contributed by atoms with E-state index in [1.54, 1.807) is 12.1 Å². The quantitative estimate of drug-likeness (QED) is 0.867. The number of rotatable bonds is 4. The molecule has 1 saturated heterocycles. The summed E-state index contributed by atoms with van der Waals surface area (Å²) in [6, 6.07) is 5.01. The van der Waals surface area contributed by atoms with Crippen LogP contribution in [0.15, 0.2) is 18.2 Å². The van der Waals surface area contributed by atoms with E-state index < -0.39 is 6.61 Å². The molecule has 6 heteroatoms. The van der Waals surface area contributed by atoms with Crippen molar-refractivity contribution in [2.75, 3.05) is 13.7 Å². The number of aliphatic hydroxyl groups excluding tert-OH is 1. The maximum absolute atomic E-state index is 12.6. The van der Waals surface area contributed by atoms with Crippen LogP contribution in [0.5, 0.6) is 11.5 Å². The molecule has 1 aromatic rings. The summed E-state index contributed by atoms with van der Waals surface area (Å²) in [6.07, 6.45) is 2.43. The number of alkyl halides is 2. The molecule has 3 fully saturated rings. The molecule has 0 aromatic heterocycles. The van der Waals surface area contributed by atoms with Gasteiger partial charge in [0.1, 0.15) is 0 Å². The fourth-order valence-corrected chi connectivity index (χ4v) is 5.80. The number of halogens is 2. The number of aliphatic hydroxyl groups is 1. The van der Waals surface area contributed by atoms with Crippen molar-refractivity contribution < 1.29 is 28.1 Å². The molecule has 0 radical (unpaired) electrons. The second kappa shape index (κ2) is 6.06. The number of fused-ring (bicyclic) bond motifs is 1. The predicted molar refractivity (Wildman–Crippen MR) is 91.4 cm³/mol. The smallest absolute Gasteiger partial charge is 0.387 e. The molecule has 1 aliphatic heterocycles. The van der Waals surface area contributed by atoms with Gasteiger partial charge in [-0.05, 0) is 54.2 Å².